The van der Waals surface area contributed by atoms with Gasteiger partial charge in [0.15, 0.2) is 0 Å². The molecule has 0 spiro atoms. The topological polar surface area (TPSA) is 35.3 Å². The zero-order valence-electron chi connectivity index (χ0n) is 16.9. The standard InChI is InChI=1S/C17H13O.C7H10NO.K/c1-2-8-17(9-3-1)18-13-14-10-11-15-6-4-5-7-16(15)12-14;1-7(2,3)6-4-5-8-9-6;/h2-12H,13H2;4H,1-3H3;/q2*-1;+1. The second kappa shape index (κ2) is 10.9. The summed E-state index contributed by atoms with van der Waals surface area (Å²) in [6.07, 6.45) is 2.62. The van der Waals surface area contributed by atoms with Crippen LogP contribution in [0.3, 0.4) is 0 Å². The van der Waals surface area contributed by atoms with E-state index in [0.29, 0.717) is 6.61 Å². The van der Waals surface area contributed by atoms with Crippen LogP contribution in [0.1, 0.15) is 32.1 Å². The van der Waals surface area contributed by atoms with Gasteiger partial charge in [0.2, 0.25) is 0 Å². The quantitative estimate of drug-likeness (QED) is 0.394. The maximum Gasteiger partial charge on any atom is 1.00 e. The molecule has 0 saturated heterocycles. The Morgan fingerprint density at radius 2 is 1.68 bits per heavy atom. The number of hydrogen-bond acceptors (Lipinski definition) is 3. The van der Waals surface area contributed by atoms with Gasteiger partial charge >= 0.3 is 51.4 Å². The molecule has 3 aromatic carbocycles. The maximum atomic E-state index is 5.72. The summed E-state index contributed by atoms with van der Waals surface area (Å²) in [5.74, 6) is 1.75. The Morgan fingerprint density at radius 1 is 0.964 bits per heavy atom. The van der Waals surface area contributed by atoms with Crippen LogP contribution >= 0.6 is 0 Å². The van der Waals surface area contributed by atoms with Crippen molar-refractivity contribution in [1.82, 2.24) is 5.16 Å². The van der Waals surface area contributed by atoms with Crippen LogP contribution in [-0.2, 0) is 12.0 Å². The second-order valence-corrected chi connectivity index (χ2v) is 7.28. The van der Waals surface area contributed by atoms with Crippen molar-refractivity contribution in [2.75, 3.05) is 0 Å². The molecule has 4 rings (SSSR count). The van der Waals surface area contributed by atoms with E-state index in [1.54, 1.807) is 6.07 Å². The molecule has 0 aliphatic rings. The van der Waals surface area contributed by atoms with Crippen molar-refractivity contribution in [3.05, 3.63) is 96.4 Å². The van der Waals surface area contributed by atoms with E-state index in [1.807, 2.05) is 24.3 Å². The Kier molecular flexibility index (Phi) is 8.92. The summed E-state index contributed by atoms with van der Waals surface area (Å²) in [5.41, 5.74) is 1.24. The van der Waals surface area contributed by atoms with Crippen LogP contribution in [0.5, 0.6) is 5.75 Å². The molecular weight excluding hydrogens is 373 g/mol. The SMILES string of the molecule is CC(C)(C)c1c[c-]no1.[K+].[c-]1ccc(OCc2ccc3ccccc3c2)cc1. The Morgan fingerprint density at radius 3 is 2.29 bits per heavy atom. The molecule has 4 heteroatoms. The molecule has 1 heterocycles. The van der Waals surface area contributed by atoms with Crippen molar-refractivity contribution in [3.63, 3.8) is 0 Å². The Balaban J connectivity index is 0.000000239. The van der Waals surface area contributed by atoms with E-state index < -0.39 is 0 Å². The van der Waals surface area contributed by atoms with Crippen molar-refractivity contribution < 1.29 is 60.6 Å². The summed E-state index contributed by atoms with van der Waals surface area (Å²) in [7, 11) is 0. The normalized spacial score (nSPS) is 10.5. The van der Waals surface area contributed by atoms with E-state index in [4.69, 9.17) is 9.26 Å². The van der Waals surface area contributed by atoms with Gasteiger partial charge in [0, 0.05) is 5.75 Å². The fourth-order valence-corrected chi connectivity index (χ4v) is 2.50. The average Bonchev–Trinajstić information content (AvgIpc) is 3.23. The molecule has 3 nitrogen and oxygen atoms in total. The minimum absolute atomic E-state index is 0. The first-order chi connectivity index (χ1) is 13.0. The number of nitrogens with zero attached hydrogens (tertiary/aromatic N) is 1. The molecule has 0 unspecified atom stereocenters. The molecule has 0 bridgehead atoms. The van der Waals surface area contributed by atoms with Crippen molar-refractivity contribution in [1.29, 1.82) is 0 Å². The van der Waals surface area contributed by atoms with Crippen LogP contribution in [-0.4, -0.2) is 5.16 Å². The van der Waals surface area contributed by atoms with Crippen molar-refractivity contribution in [3.8, 4) is 5.75 Å². The van der Waals surface area contributed by atoms with Crippen LogP contribution in [0.15, 0.2) is 77.3 Å². The van der Waals surface area contributed by atoms with Gasteiger partial charge in [-0.25, -0.2) is 5.16 Å². The van der Waals surface area contributed by atoms with Gasteiger partial charge < -0.3 is 9.26 Å². The smallest absolute Gasteiger partial charge is 0.514 e. The maximum absolute atomic E-state index is 5.72. The Labute approximate surface area is 209 Å². The molecular formula is C24H23KNO2-. The number of ether oxygens (including phenoxy) is 1. The van der Waals surface area contributed by atoms with E-state index in [2.05, 4.69) is 80.7 Å². The molecule has 0 radical (unpaired) electrons. The zero-order valence-corrected chi connectivity index (χ0v) is 20.0. The van der Waals surface area contributed by atoms with Crippen molar-refractivity contribution in [2.45, 2.75) is 32.8 Å². The molecule has 0 aliphatic carbocycles. The number of hydrogen-bond donors (Lipinski definition) is 0. The predicted molar refractivity (Wildman–Crippen MR) is 108 cm³/mol. The molecule has 0 fully saturated rings. The third-order valence-corrected chi connectivity index (χ3v) is 4.04. The summed E-state index contributed by atoms with van der Waals surface area (Å²) >= 11 is 0. The summed E-state index contributed by atoms with van der Waals surface area (Å²) in [5, 5.41) is 6.00. The minimum Gasteiger partial charge on any atom is -0.514 e. The number of aromatic nitrogens is 1. The number of rotatable bonds is 3. The van der Waals surface area contributed by atoms with Gasteiger partial charge in [-0.05, 0) is 33.6 Å². The van der Waals surface area contributed by atoms with Gasteiger partial charge in [-0.3, -0.25) is 0 Å². The third-order valence-electron chi connectivity index (χ3n) is 4.04. The monoisotopic (exact) mass is 396 g/mol. The molecule has 0 aliphatic heterocycles. The average molecular weight is 397 g/mol. The molecule has 4 aromatic rings. The first kappa shape index (κ1) is 22.9. The van der Waals surface area contributed by atoms with E-state index in [9.17, 15) is 0 Å². The molecule has 1 aromatic heterocycles. The first-order valence-corrected chi connectivity index (χ1v) is 8.92. The van der Waals surface area contributed by atoms with Crippen LogP contribution in [0.4, 0.5) is 0 Å². The Bertz CT molecular complexity index is 961. The second-order valence-electron chi connectivity index (χ2n) is 7.28. The van der Waals surface area contributed by atoms with Crippen LogP contribution in [0, 0.1) is 12.3 Å². The molecule has 0 atom stereocenters. The van der Waals surface area contributed by atoms with Gasteiger partial charge in [0.1, 0.15) is 6.61 Å². The van der Waals surface area contributed by atoms with Crippen LogP contribution in [0.25, 0.3) is 10.8 Å². The molecule has 28 heavy (non-hydrogen) atoms. The summed E-state index contributed by atoms with van der Waals surface area (Å²) in [6.45, 7) is 6.80. The van der Waals surface area contributed by atoms with Gasteiger partial charge in [-0.15, -0.1) is 18.3 Å². The van der Waals surface area contributed by atoms with Crippen molar-refractivity contribution in [2.24, 2.45) is 0 Å². The molecule has 0 saturated carbocycles. The summed E-state index contributed by atoms with van der Waals surface area (Å²) in [4.78, 5) is 0. The van der Waals surface area contributed by atoms with E-state index in [-0.39, 0.29) is 56.8 Å². The van der Waals surface area contributed by atoms with E-state index in [1.165, 1.54) is 16.3 Å². The minimum atomic E-state index is 0. The number of benzene rings is 3. The molecule has 0 N–H and O–H groups in total. The summed E-state index contributed by atoms with van der Waals surface area (Å²) in [6, 6.07) is 27.0. The number of fused-ring (bicyclic) bond motifs is 1. The Hall–Kier alpha value is -1.43. The van der Waals surface area contributed by atoms with Gasteiger partial charge in [-0.2, -0.15) is 24.3 Å². The van der Waals surface area contributed by atoms with Crippen LogP contribution in [0.2, 0.25) is 0 Å². The van der Waals surface area contributed by atoms with Crippen molar-refractivity contribution >= 4 is 10.8 Å². The van der Waals surface area contributed by atoms with Crippen LogP contribution < -0.4 is 56.1 Å². The fourth-order valence-electron chi connectivity index (χ4n) is 2.50. The third kappa shape index (κ3) is 6.87. The van der Waals surface area contributed by atoms with Gasteiger partial charge in [0.05, 0.1) is 0 Å². The largest absolute Gasteiger partial charge is 1.00 e. The summed E-state index contributed by atoms with van der Waals surface area (Å²) < 4.78 is 10.6. The van der Waals surface area contributed by atoms with E-state index >= 15 is 0 Å². The molecule has 138 valence electrons. The predicted octanol–water partition coefficient (Wildman–Crippen LogP) is 3.00. The zero-order chi connectivity index (χ0) is 19.1. The fraction of sp³-hybridized carbons (Fsp3) is 0.208. The van der Waals surface area contributed by atoms with E-state index in [0.717, 1.165) is 11.5 Å². The first-order valence-electron chi connectivity index (χ1n) is 8.92. The van der Waals surface area contributed by atoms with Gasteiger partial charge in [-0.1, -0.05) is 57.2 Å². The van der Waals surface area contributed by atoms with Gasteiger partial charge in [0.25, 0.3) is 0 Å². The molecule has 0 amide bonds.